The first-order chi connectivity index (χ1) is 15.8. The molecule has 0 fully saturated rings. The lowest BCUT2D eigenvalue weighted by Crippen LogP contribution is -2.12. The van der Waals surface area contributed by atoms with Gasteiger partial charge in [0.25, 0.3) is 0 Å². The van der Waals surface area contributed by atoms with Crippen molar-refractivity contribution in [3.05, 3.63) is 78.4 Å². The van der Waals surface area contributed by atoms with Crippen molar-refractivity contribution in [3.63, 3.8) is 0 Å². The molecular formula is C29H29N3S. The van der Waals surface area contributed by atoms with E-state index in [9.17, 15) is 0 Å². The molecule has 3 aromatic heterocycles. The van der Waals surface area contributed by atoms with Crippen LogP contribution in [0.25, 0.3) is 42.7 Å². The molecule has 0 radical (unpaired) electrons. The average molecular weight is 452 g/mol. The van der Waals surface area contributed by atoms with Gasteiger partial charge in [0.2, 0.25) is 0 Å². The molecule has 2 aromatic carbocycles. The van der Waals surface area contributed by atoms with E-state index in [4.69, 9.17) is 0 Å². The lowest BCUT2D eigenvalue weighted by atomic mass is 9.82. The summed E-state index contributed by atoms with van der Waals surface area (Å²) in [5.41, 5.74) is 5.56. The molecule has 5 aromatic rings. The highest BCUT2D eigenvalue weighted by molar-refractivity contribution is 7.22. The molecule has 166 valence electrons. The molecule has 3 nitrogen and oxygen atoms in total. The van der Waals surface area contributed by atoms with Crippen LogP contribution in [-0.4, -0.2) is 15.0 Å². The minimum atomic E-state index is 0.0393. The lowest BCUT2D eigenvalue weighted by molar-refractivity contribution is 0.596. The molecule has 0 saturated heterocycles. The van der Waals surface area contributed by atoms with Crippen molar-refractivity contribution < 1.29 is 0 Å². The van der Waals surface area contributed by atoms with Gasteiger partial charge < -0.3 is 0 Å². The van der Waals surface area contributed by atoms with Crippen LogP contribution >= 0.6 is 11.3 Å². The normalized spacial score (nSPS) is 12.2. The number of pyridine rings is 1. The second-order valence-corrected chi connectivity index (χ2v) is 11.3. The van der Waals surface area contributed by atoms with Gasteiger partial charge in [0.15, 0.2) is 0 Å². The van der Waals surface area contributed by atoms with Crippen LogP contribution in [0.2, 0.25) is 0 Å². The molecule has 3 heterocycles. The van der Waals surface area contributed by atoms with Gasteiger partial charge in [-0.2, -0.15) is 0 Å². The van der Waals surface area contributed by atoms with E-state index in [1.165, 1.54) is 26.4 Å². The number of benzene rings is 2. The van der Waals surface area contributed by atoms with Crippen molar-refractivity contribution in [2.75, 3.05) is 0 Å². The second-order valence-electron chi connectivity index (χ2n) is 10.2. The maximum absolute atomic E-state index is 4.65. The number of rotatable bonds is 4. The van der Waals surface area contributed by atoms with E-state index in [0.29, 0.717) is 5.92 Å². The predicted octanol–water partition coefficient (Wildman–Crippen LogP) is 8.07. The molecule has 0 aliphatic heterocycles. The Bertz CT molecular complexity index is 1460. The van der Waals surface area contributed by atoms with Crippen LogP contribution in [0.4, 0.5) is 0 Å². The summed E-state index contributed by atoms with van der Waals surface area (Å²) < 4.78 is 1.26. The number of fused-ring (bicyclic) bond motifs is 2. The largest absolute Gasteiger partial charge is 0.261 e. The van der Waals surface area contributed by atoms with E-state index in [2.05, 4.69) is 104 Å². The highest BCUT2D eigenvalue weighted by atomic mass is 32.1. The van der Waals surface area contributed by atoms with Gasteiger partial charge in [0.05, 0.1) is 16.3 Å². The molecule has 0 saturated carbocycles. The van der Waals surface area contributed by atoms with Gasteiger partial charge in [-0.05, 0) is 64.4 Å². The fourth-order valence-corrected chi connectivity index (χ4v) is 5.42. The summed E-state index contributed by atoms with van der Waals surface area (Å²) in [5, 5.41) is 3.71. The van der Waals surface area contributed by atoms with E-state index in [1.807, 2.05) is 6.20 Å². The molecule has 0 N–H and O–H groups in total. The summed E-state index contributed by atoms with van der Waals surface area (Å²) in [7, 11) is 0. The number of thiophene rings is 1. The Kier molecular flexibility index (Phi) is 5.49. The maximum Gasteiger partial charge on any atom is 0.116 e. The smallest absolute Gasteiger partial charge is 0.116 e. The first-order valence-electron chi connectivity index (χ1n) is 11.5. The molecule has 0 aliphatic rings. The zero-order chi connectivity index (χ0) is 23.2. The van der Waals surface area contributed by atoms with Crippen LogP contribution < -0.4 is 0 Å². The van der Waals surface area contributed by atoms with Gasteiger partial charge in [-0.15, -0.1) is 11.3 Å². The minimum absolute atomic E-state index is 0.0393. The van der Waals surface area contributed by atoms with Gasteiger partial charge in [-0.3, -0.25) is 4.98 Å². The summed E-state index contributed by atoms with van der Waals surface area (Å²) in [6, 6.07) is 19.7. The van der Waals surface area contributed by atoms with Gasteiger partial charge in [0, 0.05) is 27.5 Å². The SMILES string of the molecule is CC(C)Cc1cc2sc(-c3cc(-c4cc(C(C)(C)C)c5ccccc5c4)ncn3)cc2cn1. The number of nitrogens with zero attached hydrogens (tertiary/aromatic N) is 3. The first-order valence-corrected chi connectivity index (χ1v) is 12.3. The zero-order valence-corrected chi connectivity index (χ0v) is 20.7. The fourth-order valence-electron chi connectivity index (χ4n) is 4.36. The van der Waals surface area contributed by atoms with Crippen molar-refractivity contribution in [3.8, 4) is 21.8 Å². The molecule has 0 aliphatic carbocycles. The topological polar surface area (TPSA) is 38.7 Å². The summed E-state index contributed by atoms with van der Waals surface area (Å²) in [5.74, 6) is 0.596. The zero-order valence-electron chi connectivity index (χ0n) is 19.9. The van der Waals surface area contributed by atoms with Crippen LogP contribution in [0.1, 0.15) is 45.9 Å². The predicted molar refractivity (Wildman–Crippen MR) is 141 cm³/mol. The number of aromatic nitrogens is 3. The van der Waals surface area contributed by atoms with Crippen molar-refractivity contribution in [1.82, 2.24) is 15.0 Å². The molecular weight excluding hydrogens is 422 g/mol. The minimum Gasteiger partial charge on any atom is -0.261 e. The number of hydrogen-bond acceptors (Lipinski definition) is 4. The third-order valence-electron chi connectivity index (χ3n) is 5.96. The van der Waals surface area contributed by atoms with Gasteiger partial charge >= 0.3 is 0 Å². The molecule has 0 amide bonds. The standard InChI is InChI=1S/C29H29N3S/c1-18(2)10-22-14-27-21(16-30-22)13-28(33-27)26-15-25(31-17-32-26)20-11-19-8-6-7-9-23(19)24(12-20)29(3,4)5/h6-9,11-18H,10H2,1-5H3. The Labute approximate surface area is 199 Å². The summed E-state index contributed by atoms with van der Waals surface area (Å²) in [4.78, 5) is 15.1. The van der Waals surface area contributed by atoms with Gasteiger partial charge in [0.1, 0.15) is 6.33 Å². The molecule has 5 rings (SSSR count). The third-order valence-corrected chi connectivity index (χ3v) is 7.08. The van der Waals surface area contributed by atoms with Crippen molar-refractivity contribution in [1.29, 1.82) is 0 Å². The van der Waals surface area contributed by atoms with Crippen LogP contribution in [0.3, 0.4) is 0 Å². The van der Waals surface area contributed by atoms with Crippen LogP contribution in [0.15, 0.2) is 67.1 Å². The fraction of sp³-hybridized carbons (Fsp3) is 0.276. The Balaban J connectivity index is 1.58. The van der Waals surface area contributed by atoms with E-state index < -0.39 is 0 Å². The molecule has 33 heavy (non-hydrogen) atoms. The monoisotopic (exact) mass is 451 g/mol. The highest BCUT2D eigenvalue weighted by Gasteiger charge is 2.19. The van der Waals surface area contributed by atoms with Crippen LogP contribution in [0, 0.1) is 5.92 Å². The first kappa shape index (κ1) is 21.7. The molecule has 4 heteroatoms. The van der Waals surface area contributed by atoms with Gasteiger partial charge in [-0.25, -0.2) is 9.97 Å². The number of hydrogen-bond donors (Lipinski definition) is 0. The average Bonchev–Trinajstić information content (AvgIpc) is 3.21. The Morgan fingerprint density at radius 1 is 0.848 bits per heavy atom. The third kappa shape index (κ3) is 4.40. The van der Waals surface area contributed by atoms with Crippen LogP contribution in [-0.2, 0) is 11.8 Å². The summed E-state index contributed by atoms with van der Waals surface area (Å²) in [6.07, 6.45) is 4.68. The summed E-state index contributed by atoms with van der Waals surface area (Å²) >= 11 is 1.78. The Hall–Kier alpha value is -3.11. The quantitative estimate of drug-likeness (QED) is 0.277. The highest BCUT2D eigenvalue weighted by Crippen LogP contribution is 2.37. The molecule has 0 bridgehead atoms. The van der Waals surface area contributed by atoms with Crippen LogP contribution in [0.5, 0.6) is 0 Å². The second kappa shape index (κ2) is 8.35. The maximum atomic E-state index is 4.65. The van der Waals surface area contributed by atoms with Gasteiger partial charge in [-0.1, -0.05) is 58.9 Å². The van der Waals surface area contributed by atoms with E-state index in [1.54, 1.807) is 17.7 Å². The van der Waals surface area contributed by atoms with E-state index in [0.717, 1.165) is 33.9 Å². The Morgan fingerprint density at radius 3 is 2.42 bits per heavy atom. The summed E-state index contributed by atoms with van der Waals surface area (Å²) in [6.45, 7) is 11.3. The molecule has 0 spiro atoms. The van der Waals surface area contributed by atoms with E-state index >= 15 is 0 Å². The van der Waals surface area contributed by atoms with Crippen molar-refractivity contribution in [2.45, 2.75) is 46.5 Å². The van der Waals surface area contributed by atoms with E-state index in [-0.39, 0.29) is 5.41 Å². The molecule has 0 atom stereocenters. The Morgan fingerprint density at radius 2 is 1.64 bits per heavy atom. The molecule has 0 unspecified atom stereocenters. The lowest BCUT2D eigenvalue weighted by Gasteiger charge is -2.22. The van der Waals surface area contributed by atoms with Crippen molar-refractivity contribution in [2.24, 2.45) is 5.92 Å². The van der Waals surface area contributed by atoms with Crippen molar-refractivity contribution >= 4 is 32.2 Å².